The fourth-order valence-electron chi connectivity index (χ4n) is 3.01. The van der Waals surface area contributed by atoms with Crippen molar-refractivity contribution < 1.29 is 14.5 Å². The number of quaternary nitrogens is 1. The predicted molar refractivity (Wildman–Crippen MR) is 87.5 cm³/mol. The Labute approximate surface area is 136 Å². The number of nitrogens with one attached hydrogen (secondary N) is 1. The summed E-state index contributed by atoms with van der Waals surface area (Å²) in [6.45, 7) is 1.91. The number of carbonyl (C=O) groups excluding carboxylic acids is 1. The Balaban J connectivity index is 1.88. The summed E-state index contributed by atoms with van der Waals surface area (Å²) in [6.07, 6.45) is 8.79. The average molecular weight is 328 g/mol. The van der Waals surface area contributed by atoms with Crippen LogP contribution in [0.4, 0.5) is 10.1 Å². The molecule has 5 heteroatoms. The van der Waals surface area contributed by atoms with Crippen LogP contribution in [0.2, 0.25) is 5.02 Å². The van der Waals surface area contributed by atoms with E-state index in [1.807, 2.05) is 6.92 Å². The van der Waals surface area contributed by atoms with E-state index >= 15 is 0 Å². The van der Waals surface area contributed by atoms with Crippen LogP contribution in [0.3, 0.4) is 0 Å². The number of anilines is 1. The van der Waals surface area contributed by atoms with Gasteiger partial charge in [-0.3, -0.25) is 4.79 Å². The van der Waals surface area contributed by atoms with Crippen molar-refractivity contribution in [1.29, 1.82) is 0 Å². The van der Waals surface area contributed by atoms with Gasteiger partial charge in [0.2, 0.25) is 0 Å². The molecular formula is C17H25ClFN2O+. The molecule has 0 heterocycles. The van der Waals surface area contributed by atoms with Crippen molar-refractivity contribution in [2.75, 3.05) is 5.32 Å². The van der Waals surface area contributed by atoms with Crippen LogP contribution >= 0.6 is 11.6 Å². The van der Waals surface area contributed by atoms with Crippen molar-refractivity contribution in [3.63, 3.8) is 0 Å². The van der Waals surface area contributed by atoms with Crippen LogP contribution in [0.15, 0.2) is 18.2 Å². The molecule has 3 N–H and O–H groups in total. The summed E-state index contributed by atoms with van der Waals surface area (Å²) < 4.78 is 13.0. The molecule has 122 valence electrons. The lowest BCUT2D eigenvalue weighted by Crippen LogP contribution is -2.96. The van der Waals surface area contributed by atoms with Gasteiger partial charge in [0.1, 0.15) is 5.82 Å². The van der Waals surface area contributed by atoms with Gasteiger partial charge in [0.25, 0.3) is 5.91 Å². The van der Waals surface area contributed by atoms with Crippen LogP contribution < -0.4 is 10.6 Å². The van der Waals surface area contributed by atoms with Crippen molar-refractivity contribution in [3.8, 4) is 0 Å². The molecule has 0 aliphatic heterocycles. The van der Waals surface area contributed by atoms with E-state index < -0.39 is 5.82 Å². The summed E-state index contributed by atoms with van der Waals surface area (Å²) in [4.78, 5) is 12.3. The summed E-state index contributed by atoms with van der Waals surface area (Å²) in [5, 5.41) is 5.18. The summed E-state index contributed by atoms with van der Waals surface area (Å²) >= 11 is 5.94. The molecule has 22 heavy (non-hydrogen) atoms. The fraction of sp³-hybridized carbons (Fsp3) is 0.588. The van der Waals surface area contributed by atoms with Gasteiger partial charge in [-0.1, -0.05) is 30.9 Å². The van der Waals surface area contributed by atoms with E-state index in [1.54, 1.807) is 0 Å². The molecule has 3 nitrogen and oxygen atoms in total. The van der Waals surface area contributed by atoms with Gasteiger partial charge in [0.15, 0.2) is 6.04 Å². The maximum absolute atomic E-state index is 13.0. The van der Waals surface area contributed by atoms with Crippen LogP contribution in [0.25, 0.3) is 0 Å². The first-order valence-corrected chi connectivity index (χ1v) is 8.55. The number of benzene rings is 1. The fourth-order valence-corrected chi connectivity index (χ4v) is 3.23. The maximum Gasteiger partial charge on any atom is 0.282 e. The largest absolute Gasteiger partial charge is 0.334 e. The second-order valence-corrected chi connectivity index (χ2v) is 6.61. The monoisotopic (exact) mass is 327 g/mol. The molecule has 1 amide bonds. The Morgan fingerprint density at radius 2 is 1.91 bits per heavy atom. The molecule has 2 rings (SSSR count). The Morgan fingerprint density at radius 3 is 2.55 bits per heavy atom. The highest BCUT2D eigenvalue weighted by Crippen LogP contribution is 2.22. The third-order valence-electron chi connectivity index (χ3n) is 4.31. The van der Waals surface area contributed by atoms with Crippen LogP contribution in [0.1, 0.15) is 51.9 Å². The van der Waals surface area contributed by atoms with Crippen LogP contribution in [-0.4, -0.2) is 18.0 Å². The Kier molecular flexibility index (Phi) is 6.65. The van der Waals surface area contributed by atoms with Gasteiger partial charge in [0.05, 0.1) is 16.8 Å². The summed E-state index contributed by atoms with van der Waals surface area (Å²) in [5.41, 5.74) is 0.464. The zero-order valence-corrected chi connectivity index (χ0v) is 13.8. The molecule has 1 atom stereocenters. The van der Waals surface area contributed by atoms with Crippen LogP contribution in [0, 0.1) is 5.82 Å². The predicted octanol–water partition coefficient (Wildman–Crippen LogP) is 3.48. The normalized spacial score (nSPS) is 18.3. The lowest BCUT2D eigenvalue weighted by Gasteiger charge is -2.21. The molecule has 0 saturated heterocycles. The van der Waals surface area contributed by atoms with Gasteiger partial charge in [-0.15, -0.1) is 0 Å². The lowest BCUT2D eigenvalue weighted by molar-refractivity contribution is -0.707. The number of hydrogen-bond donors (Lipinski definition) is 2. The third kappa shape index (κ3) is 5.25. The van der Waals surface area contributed by atoms with E-state index in [2.05, 4.69) is 10.6 Å². The van der Waals surface area contributed by atoms with E-state index in [4.69, 9.17) is 11.6 Å². The molecule has 0 aromatic heterocycles. The molecule has 0 bridgehead atoms. The number of nitrogens with two attached hydrogens (primary N) is 1. The van der Waals surface area contributed by atoms with Gasteiger partial charge < -0.3 is 10.6 Å². The standard InChI is InChI=1S/C17H24ClFN2O/c1-12(20-14-7-5-3-2-4-6-8-14)17(22)21-16-10-9-13(19)11-15(16)18/h9-12,14,20H,2-8H2,1H3,(H,21,22)/p+1/t12-/m1/s1. The summed E-state index contributed by atoms with van der Waals surface area (Å²) in [5.74, 6) is -0.493. The smallest absolute Gasteiger partial charge is 0.282 e. The molecule has 0 unspecified atom stereocenters. The number of halogens is 2. The zero-order valence-electron chi connectivity index (χ0n) is 13.1. The molecular weight excluding hydrogens is 303 g/mol. The first-order valence-electron chi connectivity index (χ1n) is 8.17. The molecule has 0 spiro atoms. The number of amides is 1. The van der Waals surface area contributed by atoms with Crippen LogP contribution in [0.5, 0.6) is 0 Å². The van der Waals surface area contributed by atoms with Gasteiger partial charge in [-0.05, 0) is 50.8 Å². The summed E-state index contributed by atoms with van der Waals surface area (Å²) in [7, 11) is 0. The SMILES string of the molecule is C[C@@H]([NH2+]C1CCCCCCC1)C(=O)Nc1ccc(F)cc1Cl. The quantitative estimate of drug-likeness (QED) is 0.873. The number of rotatable bonds is 4. The second kappa shape index (κ2) is 8.49. The topological polar surface area (TPSA) is 45.7 Å². The number of carbonyl (C=O) groups is 1. The first-order chi connectivity index (χ1) is 10.6. The van der Waals surface area contributed by atoms with Crippen molar-refractivity contribution in [2.24, 2.45) is 0 Å². The molecule has 1 aromatic rings. The van der Waals surface area contributed by atoms with Crippen molar-refractivity contribution >= 4 is 23.2 Å². The van der Waals surface area contributed by atoms with E-state index in [1.165, 1.54) is 63.1 Å². The molecule has 1 fully saturated rings. The first kappa shape index (κ1) is 17.2. The van der Waals surface area contributed by atoms with Crippen LogP contribution in [-0.2, 0) is 4.79 Å². The minimum atomic E-state index is -0.405. The van der Waals surface area contributed by atoms with E-state index in [0.717, 1.165) is 0 Å². The highest BCUT2D eigenvalue weighted by atomic mass is 35.5. The van der Waals surface area contributed by atoms with Crippen molar-refractivity contribution in [2.45, 2.75) is 64.0 Å². The number of hydrogen-bond acceptors (Lipinski definition) is 1. The van der Waals surface area contributed by atoms with E-state index in [0.29, 0.717) is 11.7 Å². The van der Waals surface area contributed by atoms with Gasteiger partial charge in [-0.25, -0.2) is 4.39 Å². The minimum Gasteiger partial charge on any atom is -0.334 e. The minimum absolute atomic E-state index is 0.0874. The van der Waals surface area contributed by atoms with E-state index in [9.17, 15) is 9.18 Å². The Bertz CT molecular complexity index is 501. The van der Waals surface area contributed by atoms with E-state index in [-0.39, 0.29) is 17.0 Å². The maximum atomic E-state index is 13.0. The molecule has 1 aromatic carbocycles. The van der Waals surface area contributed by atoms with Crippen molar-refractivity contribution in [3.05, 3.63) is 29.0 Å². The highest BCUT2D eigenvalue weighted by Gasteiger charge is 2.23. The average Bonchev–Trinajstić information content (AvgIpc) is 2.44. The van der Waals surface area contributed by atoms with Gasteiger partial charge in [-0.2, -0.15) is 0 Å². The third-order valence-corrected chi connectivity index (χ3v) is 4.63. The molecule has 1 aliphatic rings. The highest BCUT2D eigenvalue weighted by molar-refractivity contribution is 6.33. The Morgan fingerprint density at radius 1 is 1.27 bits per heavy atom. The van der Waals surface area contributed by atoms with Gasteiger partial charge >= 0.3 is 0 Å². The van der Waals surface area contributed by atoms with Crippen molar-refractivity contribution in [1.82, 2.24) is 0 Å². The zero-order chi connectivity index (χ0) is 15.9. The molecule has 1 aliphatic carbocycles. The Hall–Kier alpha value is -1.13. The molecule has 0 radical (unpaired) electrons. The summed E-state index contributed by atoms with van der Waals surface area (Å²) in [6, 6.07) is 4.35. The second-order valence-electron chi connectivity index (χ2n) is 6.20. The lowest BCUT2D eigenvalue weighted by atomic mass is 9.96. The van der Waals surface area contributed by atoms with Gasteiger partial charge in [0, 0.05) is 0 Å². The molecule has 1 saturated carbocycles.